The highest BCUT2D eigenvalue weighted by Crippen LogP contribution is 2.29. The Balaban J connectivity index is 1.53. The van der Waals surface area contributed by atoms with Gasteiger partial charge in [-0.2, -0.15) is 0 Å². The van der Waals surface area contributed by atoms with Crippen molar-refractivity contribution in [2.45, 2.75) is 0 Å². The molecular weight excluding hydrogens is 390 g/mol. The molecule has 0 spiro atoms. The minimum Gasteiger partial charge on any atom is -0.351 e. The van der Waals surface area contributed by atoms with E-state index in [1.807, 2.05) is 0 Å². The summed E-state index contributed by atoms with van der Waals surface area (Å²) < 4.78 is 0. The van der Waals surface area contributed by atoms with Crippen LogP contribution in [0.5, 0.6) is 0 Å². The number of aromatic nitrogens is 1. The van der Waals surface area contributed by atoms with E-state index in [9.17, 15) is 14.4 Å². The molecule has 0 unspecified atom stereocenters. The predicted octanol–water partition coefficient (Wildman–Crippen LogP) is 4.28. The molecule has 6 nitrogen and oxygen atoms in total. The van der Waals surface area contributed by atoms with Gasteiger partial charge in [0, 0.05) is 40.5 Å². The van der Waals surface area contributed by atoms with Gasteiger partial charge in [0.2, 0.25) is 11.6 Å². The highest BCUT2D eigenvalue weighted by Gasteiger charge is 2.31. The number of nitrogens with zero attached hydrogens (tertiary/aromatic N) is 1. The monoisotopic (exact) mass is 403 g/mol. The Morgan fingerprint density at radius 3 is 2.07 bits per heavy atom. The Hall–Kier alpha value is -3.77. The average molecular weight is 404 g/mol. The fraction of sp³-hybridized carbons (Fsp3) is 0. The smallest absolute Gasteiger partial charge is 0.255 e. The van der Waals surface area contributed by atoms with Gasteiger partial charge in [0.05, 0.1) is 0 Å². The minimum absolute atomic E-state index is 0.0179. The van der Waals surface area contributed by atoms with E-state index < -0.39 is 5.78 Å². The number of pyridine rings is 1. The Morgan fingerprint density at radius 2 is 1.41 bits per heavy atom. The summed E-state index contributed by atoms with van der Waals surface area (Å²) in [4.78, 5) is 41.4. The van der Waals surface area contributed by atoms with Gasteiger partial charge >= 0.3 is 0 Å². The van der Waals surface area contributed by atoms with Gasteiger partial charge in [-0.05, 0) is 36.4 Å². The number of fused-ring (bicyclic) bond motifs is 1. The first-order chi connectivity index (χ1) is 14.0. The molecule has 0 saturated carbocycles. The molecule has 0 saturated heterocycles. The first kappa shape index (κ1) is 18.6. The molecule has 0 radical (unpaired) electrons. The van der Waals surface area contributed by atoms with Crippen LogP contribution in [0, 0.1) is 0 Å². The van der Waals surface area contributed by atoms with Crippen molar-refractivity contribution in [2.75, 3.05) is 10.6 Å². The summed E-state index contributed by atoms with van der Waals surface area (Å²) >= 11 is 6.16. The van der Waals surface area contributed by atoms with Crippen molar-refractivity contribution in [1.82, 2.24) is 4.98 Å². The fourth-order valence-electron chi connectivity index (χ4n) is 2.94. The maximum Gasteiger partial charge on any atom is 0.255 e. The molecule has 2 aromatic carbocycles. The molecule has 142 valence electrons. The van der Waals surface area contributed by atoms with Gasteiger partial charge in [-0.15, -0.1) is 0 Å². The molecule has 1 aliphatic rings. The van der Waals surface area contributed by atoms with E-state index in [0.717, 1.165) is 0 Å². The molecule has 1 aromatic heterocycles. The van der Waals surface area contributed by atoms with E-state index in [2.05, 4.69) is 15.6 Å². The van der Waals surface area contributed by atoms with Crippen LogP contribution in [0.15, 0.2) is 83.8 Å². The predicted molar refractivity (Wildman–Crippen MR) is 110 cm³/mol. The number of carbonyl (C=O) groups is 3. The van der Waals surface area contributed by atoms with Crippen LogP contribution >= 0.6 is 11.6 Å². The van der Waals surface area contributed by atoms with Crippen LogP contribution in [0.25, 0.3) is 0 Å². The SMILES string of the molecule is O=C(Nc1ccncc1)c1ccc(NC2=C(Cl)C(=O)c3ccccc3C2=O)cc1. The summed E-state index contributed by atoms with van der Waals surface area (Å²) in [5.41, 5.74) is 2.20. The van der Waals surface area contributed by atoms with E-state index in [1.54, 1.807) is 73.1 Å². The Morgan fingerprint density at radius 1 is 0.793 bits per heavy atom. The molecule has 7 heteroatoms. The number of nitrogens with one attached hydrogen (secondary N) is 2. The lowest BCUT2D eigenvalue weighted by molar-refractivity contribution is 0.0982. The summed E-state index contributed by atoms with van der Waals surface area (Å²) in [6, 6.07) is 16.4. The van der Waals surface area contributed by atoms with Crippen molar-refractivity contribution in [3.05, 3.63) is 100 Å². The van der Waals surface area contributed by atoms with Crippen LogP contribution in [0.1, 0.15) is 31.1 Å². The Labute approximate surface area is 171 Å². The number of rotatable bonds is 4. The van der Waals surface area contributed by atoms with Crippen LogP contribution in [-0.4, -0.2) is 22.5 Å². The summed E-state index contributed by atoms with van der Waals surface area (Å²) in [6.07, 6.45) is 3.17. The third-order valence-corrected chi connectivity index (χ3v) is 4.78. The minimum atomic E-state index is -0.405. The molecule has 1 aliphatic carbocycles. The molecule has 2 N–H and O–H groups in total. The van der Waals surface area contributed by atoms with Gasteiger partial charge in [-0.3, -0.25) is 19.4 Å². The van der Waals surface area contributed by atoms with Gasteiger partial charge in [0.15, 0.2) is 0 Å². The van der Waals surface area contributed by atoms with Crippen LogP contribution < -0.4 is 10.6 Å². The maximum absolute atomic E-state index is 12.7. The van der Waals surface area contributed by atoms with Gasteiger partial charge in [-0.1, -0.05) is 35.9 Å². The summed E-state index contributed by atoms with van der Waals surface area (Å²) in [6.45, 7) is 0. The van der Waals surface area contributed by atoms with Crippen LogP contribution in [-0.2, 0) is 0 Å². The number of carbonyl (C=O) groups excluding carboxylic acids is 3. The highest BCUT2D eigenvalue weighted by molar-refractivity contribution is 6.50. The zero-order valence-corrected chi connectivity index (χ0v) is 15.7. The molecule has 3 aromatic rings. The lowest BCUT2D eigenvalue weighted by Crippen LogP contribution is -2.24. The molecule has 29 heavy (non-hydrogen) atoms. The van der Waals surface area contributed by atoms with Crippen molar-refractivity contribution in [3.63, 3.8) is 0 Å². The summed E-state index contributed by atoms with van der Waals surface area (Å²) in [5, 5.41) is 5.51. The number of Topliss-reactive ketones (excluding diaryl/α,β-unsaturated/α-hetero) is 2. The summed E-state index contributed by atoms with van der Waals surface area (Å²) in [5.74, 6) is -1.04. The van der Waals surface area contributed by atoms with E-state index in [0.29, 0.717) is 22.5 Å². The summed E-state index contributed by atoms with van der Waals surface area (Å²) in [7, 11) is 0. The molecule has 1 heterocycles. The number of benzene rings is 2. The van der Waals surface area contributed by atoms with Gasteiger partial charge in [0.25, 0.3) is 5.91 Å². The number of amides is 1. The lowest BCUT2D eigenvalue weighted by atomic mass is 9.92. The largest absolute Gasteiger partial charge is 0.351 e. The van der Waals surface area contributed by atoms with Gasteiger partial charge in [0.1, 0.15) is 10.7 Å². The molecule has 4 rings (SSSR count). The second-order valence-electron chi connectivity index (χ2n) is 6.29. The Bertz CT molecular complexity index is 1160. The number of halogens is 1. The van der Waals surface area contributed by atoms with E-state index in [1.165, 1.54) is 0 Å². The maximum atomic E-state index is 12.7. The molecule has 0 bridgehead atoms. The second-order valence-corrected chi connectivity index (χ2v) is 6.66. The standard InChI is InChI=1S/C22H14ClN3O3/c23-18-19(21(28)17-4-2-1-3-16(17)20(18)27)25-14-7-5-13(6-8-14)22(29)26-15-9-11-24-12-10-15/h1-12,25H,(H,24,26,29). The van der Waals surface area contributed by atoms with Crippen molar-refractivity contribution in [2.24, 2.45) is 0 Å². The first-order valence-electron chi connectivity index (χ1n) is 8.71. The molecule has 0 atom stereocenters. The van der Waals surface area contributed by atoms with Crippen LogP contribution in [0.3, 0.4) is 0 Å². The lowest BCUT2D eigenvalue weighted by Gasteiger charge is -2.19. The highest BCUT2D eigenvalue weighted by atomic mass is 35.5. The zero-order chi connectivity index (χ0) is 20.4. The van der Waals surface area contributed by atoms with Gasteiger partial charge < -0.3 is 10.6 Å². The number of ketones is 2. The number of hydrogen-bond donors (Lipinski definition) is 2. The van der Waals surface area contributed by atoms with Crippen molar-refractivity contribution >= 4 is 40.4 Å². The van der Waals surface area contributed by atoms with Crippen LogP contribution in [0.4, 0.5) is 11.4 Å². The quantitative estimate of drug-likeness (QED) is 0.679. The number of allylic oxidation sites excluding steroid dienone is 2. The van der Waals surface area contributed by atoms with Gasteiger partial charge in [-0.25, -0.2) is 0 Å². The normalized spacial score (nSPS) is 13.1. The fourth-order valence-corrected chi connectivity index (χ4v) is 3.18. The second kappa shape index (κ2) is 7.69. The Kier molecular flexibility index (Phi) is 4.93. The number of hydrogen-bond acceptors (Lipinski definition) is 5. The van der Waals surface area contributed by atoms with Crippen molar-refractivity contribution in [1.29, 1.82) is 0 Å². The third kappa shape index (κ3) is 3.66. The first-order valence-corrected chi connectivity index (χ1v) is 9.09. The van der Waals surface area contributed by atoms with Crippen LogP contribution in [0.2, 0.25) is 0 Å². The average Bonchev–Trinajstić information content (AvgIpc) is 2.76. The number of anilines is 2. The third-order valence-electron chi connectivity index (χ3n) is 4.42. The van der Waals surface area contributed by atoms with E-state index in [-0.39, 0.29) is 28.0 Å². The molecule has 1 amide bonds. The molecule has 0 fully saturated rings. The van der Waals surface area contributed by atoms with Crippen molar-refractivity contribution in [3.8, 4) is 0 Å². The van der Waals surface area contributed by atoms with E-state index in [4.69, 9.17) is 11.6 Å². The van der Waals surface area contributed by atoms with E-state index >= 15 is 0 Å². The molecule has 0 aliphatic heterocycles. The molecular formula is C22H14ClN3O3. The zero-order valence-electron chi connectivity index (χ0n) is 15.0. The van der Waals surface area contributed by atoms with Crippen molar-refractivity contribution < 1.29 is 14.4 Å². The topological polar surface area (TPSA) is 88.2 Å².